The highest BCUT2D eigenvalue weighted by molar-refractivity contribution is 5.94. The van der Waals surface area contributed by atoms with Gasteiger partial charge in [0.05, 0.1) is 32.9 Å². The number of nitrogens with zero attached hydrogens (tertiary/aromatic N) is 4. The lowest BCUT2D eigenvalue weighted by Gasteiger charge is -2.33. The number of pyridine rings is 1. The van der Waals surface area contributed by atoms with Gasteiger partial charge in [-0.15, -0.1) is 0 Å². The predicted molar refractivity (Wildman–Crippen MR) is 156 cm³/mol. The average molecular weight is 575 g/mol. The maximum Gasteiger partial charge on any atom is 0.343 e. The molecule has 0 radical (unpaired) electrons. The SMILES string of the molecule is CCOC(=O)CC(c1ccnc(OCC2CCN(c3nc(OC)ncc3C(=O)OCc3ccccc3)CC2)c1)C1CC1. The molecule has 1 unspecified atom stereocenters. The van der Waals surface area contributed by atoms with E-state index in [-0.39, 0.29) is 24.5 Å². The summed E-state index contributed by atoms with van der Waals surface area (Å²) in [5.41, 5.74) is 2.30. The van der Waals surface area contributed by atoms with Crippen molar-refractivity contribution in [2.75, 3.05) is 38.3 Å². The first kappa shape index (κ1) is 29.3. The number of ether oxygens (including phenoxy) is 4. The van der Waals surface area contributed by atoms with Crippen LogP contribution in [-0.2, 0) is 20.9 Å². The van der Waals surface area contributed by atoms with Crippen LogP contribution in [0.2, 0.25) is 0 Å². The lowest BCUT2D eigenvalue weighted by atomic mass is 9.92. The van der Waals surface area contributed by atoms with Crippen LogP contribution in [0.25, 0.3) is 0 Å². The maximum absolute atomic E-state index is 13.0. The predicted octanol–water partition coefficient (Wildman–Crippen LogP) is 4.98. The van der Waals surface area contributed by atoms with Crippen LogP contribution < -0.4 is 14.4 Å². The van der Waals surface area contributed by atoms with E-state index in [1.807, 2.05) is 49.4 Å². The summed E-state index contributed by atoms with van der Waals surface area (Å²) in [7, 11) is 1.50. The quantitative estimate of drug-likeness (QED) is 0.259. The molecule has 1 aromatic carbocycles. The molecule has 3 heterocycles. The molecule has 0 spiro atoms. The Hall–Kier alpha value is -4.21. The van der Waals surface area contributed by atoms with E-state index >= 15 is 0 Å². The summed E-state index contributed by atoms with van der Waals surface area (Å²) in [6.07, 6.45) is 7.59. The summed E-state index contributed by atoms with van der Waals surface area (Å²) in [4.78, 5) is 40.3. The number of anilines is 1. The zero-order valence-electron chi connectivity index (χ0n) is 24.2. The first-order valence-corrected chi connectivity index (χ1v) is 14.7. The van der Waals surface area contributed by atoms with Gasteiger partial charge < -0.3 is 23.8 Å². The van der Waals surface area contributed by atoms with Gasteiger partial charge >= 0.3 is 17.9 Å². The molecule has 10 nitrogen and oxygen atoms in total. The number of rotatable bonds is 13. The molecule has 2 aromatic heterocycles. The lowest BCUT2D eigenvalue weighted by molar-refractivity contribution is -0.143. The summed E-state index contributed by atoms with van der Waals surface area (Å²) < 4.78 is 22.1. The van der Waals surface area contributed by atoms with Crippen LogP contribution in [0.15, 0.2) is 54.9 Å². The highest BCUT2D eigenvalue weighted by Crippen LogP contribution is 2.45. The number of benzene rings is 1. The van der Waals surface area contributed by atoms with E-state index in [9.17, 15) is 9.59 Å². The van der Waals surface area contributed by atoms with Crippen LogP contribution in [0.4, 0.5) is 5.82 Å². The fraction of sp³-hybridized carbons (Fsp3) is 0.469. The molecule has 2 fully saturated rings. The Labute approximate surface area is 246 Å². The van der Waals surface area contributed by atoms with Crippen molar-refractivity contribution in [2.45, 2.75) is 51.6 Å². The van der Waals surface area contributed by atoms with Crippen molar-refractivity contribution in [3.63, 3.8) is 0 Å². The van der Waals surface area contributed by atoms with Gasteiger partial charge in [0.15, 0.2) is 5.82 Å². The molecule has 10 heteroatoms. The van der Waals surface area contributed by atoms with Crippen LogP contribution in [0.1, 0.15) is 66.4 Å². The minimum atomic E-state index is -0.472. The van der Waals surface area contributed by atoms with Gasteiger partial charge in [-0.1, -0.05) is 30.3 Å². The number of aromatic nitrogens is 3. The third kappa shape index (κ3) is 7.74. The second-order valence-corrected chi connectivity index (χ2v) is 10.8. The smallest absolute Gasteiger partial charge is 0.343 e. The number of esters is 2. The average Bonchev–Trinajstić information content (AvgIpc) is 3.88. The summed E-state index contributed by atoms with van der Waals surface area (Å²) in [5.74, 6) is 1.43. The van der Waals surface area contributed by atoms with Crippen molar-refractivity contribution in [3.8, 4) is 11.9 Å². The fourth-order valence-electron chi connectivity index (χ4n) is 5.35. The molecular weight excluding hydrogens is 536 g/mol. The van der Waals surface area contributed by atoms with Crippen molar-refractivity contribution in [1.29, 1.82) is 0 Å². The van der Waals surface area contributed by atoms with Gasteiger partial charge in [0, 0.05) is 25.4 Å². The third-order valence-corrected chi connectivity index (χ3v) is 7.81. The van der Waals surface area contributed by atoms with Gasteiger partial charge in [-0.3, -0.25) is 4.79 Å². The maximum atomic E-state index is 13.0. The second kappa shape index (κ2) is 14.1. The first-order chi connectivity index (χ1) is 20.5. The Morgan fingerprint density at radius 3 is 2.52 bits per heavy atom. The fourth-order valence-corrected chi connectivity index (χ4v) is 5.35. The summed E-state index contributed by atoms with van der Waals surface area (Å²) in [6, 6.07) is 13.7. The van der Waals surface area contributed by atoms with E-state index < -0.39 is 5.97 Å². The van der Waals surface area contributed by atoms with Crippen LogP contribution in [0, 0.1) is 11.8 Å². The van der Waals surface area contributed by atoms with Gasteiger partial charge in [-0.25, -0.2) is 14.8 Å². The molecule has 222 valence electrons. The minimum absolute atomic E-state index is 0.135. The molecule has 0 N–H and O–H groups in total. The number of hydrogen-bond donors (Lipinski definition) is 0. The number of hydrogen-bond acceptors (Lipinski definition) is 10. The molecule has 42 heavy (non-hydrogen) atoms. The molecule has 2 aliphatic rings. The van der Waals surface area contributed by atoms with Crippen LogP contribution in [0.5, 0.6) is 11.9 Å². The monoisotopic (exact) mass is 574 g/mol. The van der Waals surface area contributed by atoms with Crippen LogP contribution >= 0.6 is 0 Å². The molecule has 1 aliphatic carbocycles. The lowest BCUT2D eigenvalue weighted by Crippen LogP contribution is -2.37. The van der Waals surface area contributed by atoms with Crippen LogP contribution in [0.3, 0.4) is 0 Å². The number of methoxy groups -OCH3 is 1. The van der Waals surface area contributed by atoms with Crippen molar-refractivity contribution in [1.82, 2.24) is 15.0 Å². The van der Waals surface area contributed by atoms with Gasteiger partial charge in [0.1, 0.15) is 12.2 Å². The number of carbonyl (C=O) groups excluding carboxylic acids is 2. The molecule has 3 aromatic rings. The third-order valence-electron chi connectivity index (χ3n) is 7.81. The highest BCUT2D eigenvalue weighted by Gasteiger charge is 2.34. The second-order valence-electron chi connectivity index (χ2n) is 10.8. The van der Waals surface area contributed by atoms with E-state index in [1.54, 1.807) is 6.20 Å². The molecular formula is C32H38N4O6. The van der Waals surface area contributed by atoms with E-state index in [0.29, 0.717) is 61.8 Å². The molecule has 5 rings (SSSR count). The van der Waals surface area contributed by atoms with E-state index in [4.69, 9.17) is 18.9 Å². The van der Waals surface area contributed by atoms with E-state index in [0.717, 1.165) is 36.8 Å². The first-order valence-electron chi connectivity index (χ1n) is 14.7. The number of piperidine rings is 1. The van der Waals surface area contributed by atoms with E-state index in [1.165, 1.54) is 13.3 Å². The largest absolute Gasteiger partial charge is 0.477 e. The van der Waals surface area contributed by atoms with Gasteiger partial charge in [-0.05, 0) is 67.6 Å². The standard InChI is InChI=1S/C32H38N4O6/c1-3-40-29(37)18-26(24-9-10-24)25-11-14-33-28(17-25)41-20-23-12-15-36(16-13-23)30-27(19-34-32(35-30)39-2)31(38)42-21-22-7-5-4-6-8-22/h4-8,11,14,17,19,23-24,26H,3,9-10,12-13,15-16,18,20-21H2,1-2H3. The van der Waals surface area contributed by atoms with Crippen molar-refractivity contribution in [3.05, 3.63) is 71.5 Å². The van der Waals surface area contributed by atoms with Crippen molar-refractivity contribution >= 4 is 17.8 Å². The Morgan fingerprint density at radius 1 is 1.02 bits per heavy atom. The summed E-state index contributed by atoms with van der Waals surface area (Å²) in [6.45, 7) is 4.33. The van der Waals surface area contributed by atoms with Crippen LogP contribution in [-0.4, -0.2) is 60.3 Å². The van der Waals surface area contributed by atoms with Gasteiger partial charge in [0.2, 0.25) is 5.88 Å². The van der Waals surface area contributed by atoms with E-state index in [2.05, 4.69) is 19.9 Å². The molecule has 1 atom stereocenters. The molecule has 1 saturated heterocycles. The summed E-state index contributed by atoms with van der Waals surface area (Å²) in [5, 5.41) is 0. The van der Waals surface area contributed by atoms with Crippen molar-refractivity contribution in [2.24, 2.45) is 11.8 Å². The Morgan fingerprint density at radius 2 is 1.81 bits per heavy atom. The zero-order chi connectivity index (χ0) is 29.3. The number of carbonyl (C=O) groups is 2. The Kier molecular flexibility index (Phi) is 9.84. The Bertz CT molecular complexity index is 1340. The Balaban J connectivity index is 1.17. The normalized spacial score (nSPS) is 16.0. The zero-order valence-corrected chi connectivity index (χ0v) is 24.2. The topological polar surface area (TPSA) is 113 Å². The minimum Gasteiger partial charge on any atom is -0.477 e. The van der Waals surface area contributed by atoms with Gasteiger partial charge in [-0.2, -0.15) is 4.98 Å². The molecule has 1 saturated carbocycles. The van der Waals surface area contributed by atoms with Crippen molar-refractivity contribution < 1.29 is 28.5 Å². The molecule has 1 aliphatic heterocycles. The molecule has 0 bridgehead atoms. The van der Waals surface area contributed by atoms with Gasteiger partial charge in [0.25, 0.3) is 0 Å². The highest BCUT2D eigenvalue weighted by atomic mass is 16.5. The summed E-state index contributed by atoms with van der Waals surface area (Å²) >= 11 is 0. The molecule has 0 amide bonds.